The minimum atomic E-state index is 0.401. The molecule has 3 aliphatic rings. The van der Waals surface area contributed by atoms with E-state index in [1.54, 1.807) is 11.3 Å². The summed E-state index contributed by atoms with van der Waals surface area (Å²) in [5, 5.41) is 5.83. The summed E-state index contributed by atoms with van der Waals surface area (Å²) in [6.45, 7) is 1.46. The molecule has 2 aliphatic carbocycles. The Balaban J connectivity index is 1.28. The van der Waals surface area contributed by atoms with E-state index in [1.807, 2.05) is 17.0 Å². The van der Waals surface area contributed by atoms with Gasteiger partial charge in [0.05, 0.1) is 17.3 Å². The highest BCUT2D eigenvalue weighted by Gasteiger charge is 2.66. The van der Waals surface area contributed by atoms with E-state index in [0.717, 1.165) is 23.7 Å². The molecule has 3 fully saturated rings. The first-order valence-electron chi connectivity index (χ1n) is 8.83. The fraction of sp³-hybridized carbons (Fsp3) is 0.526. The zero-order valence-electron chi connectivity index (χ0n) is 13.6. The van der Waals surface area contributed by atoms with E-state index in [0.29, 0.717) is 30.1 Å². The van der Waals surface area contributed by atoms with E-state index in [-0.39, 0.29) is 0 Å². The molecule has 1 spiro atoms. The van der Waals surface area contributed by atoms with E-state index in [2.05, 4.69) is 28.5 Å². The second-order valence-corrected chi connectivity index (χ2v) is 7.97. The molecular formula is C19H22N2O2S. The van der Waals surface area contributed by atoms with Gasteiger partial charge in [0.1, 0.15) is 12.4 Å². The van der Waals surface area contributed by atoms with Crippen LogP contribution in [0.5, 0.6) is 5.75 Å². The molecule has 2 saturated carbocycles. The van der Waals surface area contributed by atoms with Gasteiger partial charge in [-0.2, -0.15) is 0 Å². The first kappa shape index (κ1) is 14.7. The topological polar surface area (TPSA) is 43.4 Å². The molecule has 3 atom stereocenters. The van der Waals surface area contributed by atoms with Gasteiger partial charge in [0.25, 0.3) is 0 Å². The Kier molecular flexibility index (Phi) is 3.52. The number of nitrogens with zero attached hydrogens (tertiary/aromatic N) is 1. The van der Waals surface area contributed by atoms with Crippen molar-refractivity contribution in [1.29, 1.82) is 0 Å². The minimum Gasteiger partial charge on any atom is -0.487 e. The predicted molar refractivity (Wildman–Crippen MR) is 94.4 cm³/mol. The van der Waals surface area contributed by atoms with Crippen LogP contribution in [-0.4, -0.2) is 23.7 Å². The second-order valence-electron chi connectivity index (χ2n) is 7.25. The van der Waals surface area contributed by atoms with Crippen LogP contribution in [0.2, 0.25) is 0 Å². The van der Waals surface area contributed by atoms with Crippen LogP contribution in [0, 0.1) is 11.3 Å². The highest BCUT2D eigenvalue weighted by Crippen LogP contribution is 2.63. The van der Waals surface area contributed by atoms with Gasteiger partial charge in [0.2, 0.25) is 0 Å². The Labute approximate surface area is 146 Å². The van der Waals surface area contributed by atoms with Crippen molar-refractivity contribution in [2.45, 2.75) is 44.4 Å². The van der Waals surface area contributed by atoms with Gasteiger partial charge >= 0.3 is 0 Å². The molecule has 126 valence electrons. The maximum atomic E-state index is 6.01. The smallest absolute Gasteiger partial charge is 0.131 e. The molecule has 24 heavy (non-hydrogen) atoms. The van der Waals surface area contributed by atoms with Crippen molar-refractivity contribution in [3.8, 4) is 5.75 Å². The largest absolute Gasteiger partial charge is 0.487 e. The number of thiazole rings is 1. The second kappa shape index (κ2) is 5.74. The maximum absolute atomic E-state index is 6.01. The Morgan fingerprint density at radius 3 is 3.12 bits per heavy atom. The molecule has 4 nitrogen and oxygen atoms in total. The molecule has 5 rings (SSSR count). The van der Waals surface area contributed by atoms with E-state index in [1.165, 1.54) is 25.7 Å². The lowest BCUT2D eigenvalue weighted by Crippen LogP contribution is -2.68. The Bertz CT molecular complexity index is 714. The number of fused-ring (bicyclic) bond motifs is 2. The molecular weight excluding hydrogens is 320 g/mol. The number of nitrogens with one attached hydrogen (secondary N) is 1. The summed E-state index contributed by atoms with van der Waals surface area (Å²) in [5.41, 5.74) is 4.38. The van der Waals surface area contributed by atoms with Crippen LogP contribution in [0.4, 0.5) is 5.69 Å². The minimum absolute atomic E-state index is 0.401. The maximum Gasteiger partial charge on any atom is 0.131 e. The summed E-state index contributed by atoms with van der Waals surface area (Å²) in [5.74, 6) is 1.58. The van der Waals surface area contributed by atoms with Gasteiger partial charge in [-0.15, -0.1) is 11.3 Å². The Morgan fingerprint density at radius 2 is 2.33 bits per heavy atom. The van der Waals surface area contributed by atoms with Crippen molar-refractivity contribution >= 4 is 17.0 Å². The lowest BCUT2D eigenvalue weighted by Gasteiger charge is -2.63. The number of anilines is 1. The molecule has 5 heteroatoms. The number of ether oxygens (including phenoxy) is 2. The zero-order valence-corrected chi connectivity index (χ0v) is 14.4. The van der Waals surface area contributed by atoms with Crippen LogP contribution < -0.4 is 10.1 Å². The normalized spacial score (nSPS) is 29.6. The van der Waals surface area contributed by atoms with Crippen LogP contribution in [0.3, 0.4) is 0 Å². The summed E-state index contributed by atoms with van der Waals surface area (Å²) in [6, 6.07) is 8.90. The summed E-state index contributed by atoms with van der Waals surface area (Å²) < 4.78 is 11.9. The van der Waals surface area contributed by atoms with Crippen molar-refractivity contribution < 1.29 is 9.47 Å². The molecule has 0 unspecified atom stereocenters. The van der Waals surface area contributed by atoms with Gasteiger partial charge in [-0.3, -0.25) is 0 Å². The van der Waals surface area contributed by atoms with Crippen LogP contribution in [0.25, 0.3) is 0 Å². The molecule has 1 aliphatic heterocycles. The molecule has 0 radical (unpaired) electrons. The molecule has 1 N–H and O–H groups in total. The standard InChI is InChI=1S/C19H22N2O2S/c1-3-13(9-15(4-1)23-10-14-11-24-12-20-14)21-17-16-5-8-22-18(16)19(17)6-2-7-19/h1,3-4,9,11-12,16-18,21H,2,5-8,10H2/t16-,17-,18-/m1/s1. The first-order chi connectivity index (χ1) is 11.9. The molecule has 1 aromatic carbocycles. The quantitative estimate of drug-likeness (QED) is 0.889. The van der Waals surface area contributed by atoms with E-state index in [9.17, 15) is 0 Å². The van der Waals surface area contributed by atoms with E-state index >= 15 is 0 Å². The molecule has 2 aromatic rings. The van der Waals surface area contributed by atoms with Crippen molar-refractivity contribution in [3.05, 3.63) is 40.8 Å². The first-order valence-corrected chi connectivity index (χ1v) is 9.77. The van der Waals surface area contributed by atoms with Gasteiger partial charge in [-0.25, -0.2) is 4.98 Å². The SMILES string of the molecule is c1cc(N[C@@H]2[C@H]3CCO[C@H]3C23CCC3)cc(OCc2cscn2)c1. The van der Waals surface area contributed by atoms with Gasteiger partial charge in [0.15, 0.2) is 0 Å². The highest BCUT2D eigenvalue weighted by molar-refractivity contribution is 7.07. The van der Waals surface area contributed by atoms with Gasteiger partial charge in [0, 0.05) is 41.1 Å². The molecule has 0 amide bonds. The lowest BCUT2D eigenvalue weighted by molar-refractivity contribution is -0.158. The number of benzene rings is 1. The Morgan fingerprint density at radius 1 is 1.38 bits per heavy atom. The van der Waals surface area contributed by atoms with Crippen LogP contribution in [0.1, 0.15) is 31.4 Å². The summed E-state index contributed by atoms with van der Waals surface area (Å²) in [4.78, 5) is 4.26. The molecule has 1 aromatic heterocycles. The van der Waals surface area contributed by atoms with Crippen LogP contribution >= 0.6 is 11.3 Å². The lowest BCUT2D eigenvalue weighted by atomic mass is 9.46. The van der Waals surface area contributed by atoms with E-state index < -0.39 is 0 Å². The third kappa shape index (κ3) is 2.25. The fourth-order valence-corrected chi connectivity index (χ4v) is 5.32. The highest BCUT2D eigenvalue weighted by atomic mass is 32.1. The van der Waals surface area contributed by atoms with Gasteiger partial charge in [-0.1, -0.05) is 12.5 Å². The molecule has 0 bridgehead atoms. The van der Waals surface area contributed by atoms with Crippen LogP contribution in [0.15, 0.2) is 35.2 Å². The number of hydrogen-bond donors (Lipinski definition) is 1. The van der Waals surface area contributed by atoms with Crippen molar-refractivity contribution in [3.63, 3.8) is 0 Å². The third-order valence-electron chi connectivity index (χ3n) is 6.06. The molecule has 1 saturated heterocycles. The van der Waals surface area contributed by atoms with Gasteiger partial charge < -0.3 is 14.8 Å². The van der Waals surface area contributed by atoms with Crippen molar-refractivity contribution in [1.82, 2.24) is 4.98 Å². The monoisotopic (exact) mass is 342 g/mol. The summed E-state index contributed by atoms with van der Waals surface area (Å²) in [6.07, 6.45) is 5.68. The number of hydrogen-bond acceptors (Lipinski definition) is 5. The third-order valence-corrected chi connectivity index (χ3v) is 6.70. The summed E-state index contributed by atoms with van der Waals surface area (Å²) >= 11 is 1.60. The Hall–Kier alpha value is -1.59. The van der Waals surface area contributed by atoms with Crippen molar-refractivity contribution in [2.24, 2.45) is 11.3 Å². The van der Waals surface area contributed by atoms with Gasteiger partial charge in [-0.05, 0) is 31.4 Å². The van der Waals surface area contributed by atoms with E-state index in [4.69, 9.17) is 9.47 Å². The average molecular weight is 342 g/mol. The van der Waals surface area contributed by atoms with Crippen molar-refractivity contribution in [2.75, 3.05) is 11.9 Å². The zero-order chi connectivity index (χ0) is 16.0. The summed E-state index contributed by atoms with van der Waals surface area (Å²) in [7, 11) is 0. The number of aromatic nitrogens is 1. The number of rotatable bonds is 5. The average Bonchev–Trinajstić information content (AvgIpc) is 3.20. The van der Waals surface area contributed by atoms with Crippen LogP contribution in [-0.2, 0) is 11.3 Å². The fourth-order valence-electron chi connectivity index (χ4n) is 4.78. The predicted octanol–water partition coefficient (Wildman–Crippen LogP) is 4.09. The molecule has 2 heterocycles.